The van der Waals surface area contributed by atoms with Gasteiger partial charge in [-0.25, -0.2) is 0 Å². The number of carbonyl (C=O) groups is 1. The Kier molecular flexibility index (Phi) is 5.99. The van der Waals surface area contributed by atoms with Gasteiger partial charge in [-0.15, -0.1) is 0 Å². The van der Waals surface area contributed by atoms with Crippen molar-refractivity contribution in [3.63, 3.8) is 0 Å². The maximum Gasteiger partial charge on any atom is 0.263 e. The number of carbonyl (C=O) groups excluding carboxylic acids is 1. The van der Waals surface area contributed by atoms with Crippen LogP contribution < -0.4 is 10.3 Å². The van der Waals surface area contributed by atoms with Crippen molar-refractivity contribution < 1.29 is 9.53 Å². The van der Waals surface area contributed by atoms with Crippen LogP contribution in [0.25, 0.3) is 0 Å². The topological polar surface area (TPSA) is 62.4 Å². The summed E-state index contributed by atoms with van der Waals surface area (Å²) in [6.07, 6.45) is 2.94. The molecule has 5 heteroatoms. The Hall–Kier alpha value is -2.56. The zero-order chi connectivity index (χ0) is 19.4. The molecule has 1 amide bonds. The molecule has 1 aromatic heterocycles. The molecule has 2 heterocycles. The number of aromatic amines is 1. The molecule has 0 aliphatic carbocycles. The lowest BCUT2D eigenvalue weighted by molar-refractivity contribution is -0.141. The van der Waals surface area contributed by atoms with Gasteiger partial charge in [0.2, 0.25) is 5.56 Å². The second-order valence-electron chi connectivity index (χ2n) is 7.63. The second kappa shape index (κ2) is 8.42. The van der Waals surface area contributed by atoms with Gasteiger partial charge in [-0.05, 0) is 54.9 Å². The predicted molar refractivity (Wildman–Crippen MR) is 106 cm³/mol. The third-order valence-electron chi connectivity index (χ3n) is 5.27. The van der Waals surface area contributed by atoms with E-state index in [4.69, 9.17) is 4.74 Å². The van der Waals surface area contributed by atoms with Gasteiger partial charge in [0, 0.05) is 25.4 Å². The van der Waals surface area contributed by atoms with E-state index in [-0.39, 0.29) is 17.4 Å². The first-order valence-corrected chi connectivity index (χ1v) is 9.65. The van der Waals surface area contributed by atoms with Crippen LogP contribution in [-0.2, 0) is 4.79 Å². The monoisotopic (exact) mass is 368 g/mol. The van der Waals surface area contributed by atoms with E-state index in [0.29, 0.717) is 19.0 Å². The van der Waals surface area contributed by atoms with Gasteiger partial charge < -0.3 is 14.6 Å². The van der Waals surface area contributed by atoms with E-state index in [1.54, 1.807) is 12.3 Å². The summed E-state index contributed by atoms with van der Waals surface area (Å²) in [7, 11) is 0. The number of nitrogens with zero attached hydrogens (tertiary/aromatic N) is 1. The van der Waals surface area contributed by atoms with Crippen molar-refractivity contribution in [2.24, 2.45) is 5.92 Å². The first kappa shape index (κ1) is 19.2. The number of hydrogen-bond acceptors (Lipinski definition) is 3. The third kappa shape index (κ3) is 4.59. The molecule has 1 atom stereocenters. The Morgan fingerprint density at radius 3 is 2.52 bits per heavy atom. The zero-order valence-electron chi connectivity index (χ0n) is 16.3. The van der Waals surface area contributed by atoms with E-state index in [9.17, 15) is 9.59 Å². The SMILES string of the molecule is Cc1ccccc1OC(C(=O)N1CCC(c2cc[nH]c(=O)c2)CC1)C(C)C. The first-order valence-electron chi connectivity index (χ1n) is 9.65. The molecule has 1 aliphatic heterocycles. The number of aromatic nitrogens is 1. The van der Waals surface area contributed by atoms with Crippen LogP contribution in [0.15, 0.2) is 47.4 Å². The summed E-state index contributed by atoms with van der Waals surface area (Å²) in [4.78, 5) is 29.2. The maximum atomic E-state index is 13.1. The zero-order valence-corrected chi connectivity index (χ0v) is 16.3. The highest BCUT2D eigenvalue weighted by Gasteiger charge is 2.32. The minimum Gasteiger partial charge on any atom is -0.480 e. The molecule has 1 aromatic carbocycles. The summed E-state index contributed by atoms with van der Waals surface area (Å²) in [5, 5.41) is 0. The minimum absolute atomic E-state index is 0.0533. The number of H-pyrrole nitrogens is 1. The molecule has 144 valence electrons. The summed E-state index contributed by atoms with van der Waals surface area (Å²) in [5.41, 5.74) is 2.02. The molecule has 5 nitrogen and oxygen atoms in total. The molecule has 1 fully saturated rings. The number of ether oxygens (including phenoxy) is 1. The van der Waals surface area contributed by atoms with Crippen LogP contribution in [0.1, 0.15) is 43.7 Å². The number of amides is 1. The highest BCUT2D eigenvalue weighted by Crippen LogP contribution is 2.28. The average Bonchev–Trinajstić information content (AvgIpc) is 2.67. The summed E-state index contributed by atoms with van der Waals surface area (Å²) in [6, 6.07) is 11.4. The number of rotatable bonds is 5. The Balaban J connectivity index is 1.66. The largest absolute Gasteiger partial charge is 0.480 e. The highest BCUT2D eigenvalue weighted by atomic mass is 16.5. The van der Waals surface area contributed by atoms with Gasteiger partial charge in [0.05, 0.1) is 0 Å². The van der Waals surface area contributed by atoms with E-state index in [0.717, 1.165) is 29.7 Å². The van der Waals surface area contributed by atoms with Crippen molar-refractivity contribution >= 4 is 5.91 Å². The molecule has 1 unspecified atom stereocenters. The quantitative estimate of drug-likeness (QED) is 0.879. The minimum atomic E-state index is -0.484. The predicted octanol–water partition coefficient (Wildman–Crippen LogP) is 3.49. The van der Waals surface area contributed by atoms with Crippen LogP contribution in [0, 0.1) is 12.8 Å². The van der Waals surface area contributed by atoms with Gasteiger partial charge in [-0.1, -0.05) is 32.0 Å². The van der Waals surface area contributed by atoms with Gasteiger partial charge in [0.1, 0.15) is 5.75 Å². The van der Waals surface area contributed by atoms with Crippen LogP contribution in [0.3, 0.4) is 0 Å². The van der Waals surface area contributed by atoms with Crippen molar-refractivity contribution in [3.8, 4) is 5.75 Å². The molecular formula is C22H28N2O3. The molecule has 3 rings (SSSR count). The molecule has 1 N–H and O–H groups in total. The van der Waals surface area contributed by atoms with Crippen molar-refractivity contribution in [3.05, 3.63) is 64.1 Å². The van der Waals surface area contributed by atoms with Gasteiger partial charge in [0.15, 0.2) is 6.10 Å². The van der Waals surface area contributed by atoms with E-state index < -0.39 is 6.10 Å². The number of hydrogen-bond donors (Lipinski definition) is 1. The molecule has 2 aromatic rings. The number of likely N-dealkylation sites (tertiary alicyclic amines) is 1. The maximum absolute atomic E-state index is 13.1. The lowest BCUT2D eigenvalue weighted by Gasteiger charge is -2.35. The molecular weight excluding hydrogens is 340 g/mol. The van der Waals surface area contributed by atoms with Crippen LogP contribution in [-0.4, -0.2) is 35.0 Å². The average molecular weight is 368 g/mol. The molecule has 27 heavy (non-hydrogen) atoms. The molecule has 0 bridgehead atoms. The molecule has 1 saturated heterocycles. The Bertz CT molecular complexity index is 835. The summed E-state index contributed by atoms with van der Waals surface area (Å²) in [6.45, 7) is 7.41. The fraction of sp³-hybridized carbons (Fsp3) is 0.455. The second-order valence-corrected chi connectivity index (χ2v) is 7.63. The van der Waals surface area contributed by atoms with Crippen molar-refractivity contribution in [2.45, 2.75) is 45.6 Å². The molecule has 0 spiro atoms. The van der Waals surface area contributed by atoms with E-state index in [2.05, 4.69) is 4.98 Å². The summed E-state index contributed by atoms with van der Waals surface area (Å²) in [5.74, 6) is 1.23. The van der Waals surface area contributed by atoms with Gasteiger partial charge in [0.25, 0.3) is 5.91 Å². The van der Waals surface area contributed by atoms with Gasteiger partial charge >= 0.3 is 0 Å². The first-order chi connectivity index (χ1) is 13.0. The fourth-order valence-electron chi connectivity index (χ4n) is 3.63. The van der Waals surface area contributed by atoms with Crippen LogP contribution in [0.2, 0.25) is 0 Å². The lowest BCUT2D eigenvalue weighted by Crippen LogP contribution is -2.47. The number of benzene rings is 1. The fourth-order valence-corrected chi connectivity index (χ4v) is 3.63. The Morgan fingerprint density at radius 1 is 1.19 bits per heavy atom. The van der Waals surface area contributed by atoms with E-state index >= 15 is 0 Å². The van der Waals surface area contributed by atoms with Crippen molar-refractivity contribution in [1.29, 1.82) is 0 Å². The van der Waals surface area contributed by atoms with Gasteiger partial charge in [-0.3, -0.25) is 9.59 Å². The smallest absolute Gasteiger partial charge is 0.263 e. The van der Waals surface area contributed by atoms with Crippen LogP contribution >= 0.6 is 0 Å². The number of pyridine rings is 1. The van der Waals surface area contributed by atoms with E-state index in [1.807, 2.05) is 56.0 Å². The summed E-state index contributed by atoms with van der Waals surface area (Å²) >= 11 is 0. The molecule has 0 radical (unpaired) electrons. The Labute approximate surface area is 160 Å². The number of para-hydroxylation sites is 1. The number of aryl methyl sites for hydroxylation is 1. The van der Waals surface area contributed by atoms with Crippen LogP contribution in [0.5, 0.6) is 5.75 Å². The number of nitrogens with one attached hydrogen (secondary N) is 1. The number of piperidine rings is 1. The molecule has 1 aliphatic rings. The molecule has 0 saturated carbocycles. The van der Waals surface area contributed by atoms with Gasteiger partial charge in [-0.2, -0.15) is 0 Å². The third-order valence-corrected chi connectivity index (χ3v) is 5.27. The lowest BCUT2D eigenvalue weighted by atomic mass is 9.89. The Morgan fingerprint density at radius 2 is 1.89 bits per heavy atom. The van der Waals surface area contributed by atoms with Crippen molar-refractivity contribution in [2.75, 3.05) is 13.1 Å². The summed E-state index contributed by atoms with van der Waals surface area (Å²) < 4.78 is 6.11. The van der Waals surface area contributed by atoms with Crippen LogP contribution in [0.4, 0.5) is 0 Å². The standard InChI is InChI=1S/C22H28N2O3/c1-15(2)21(27-19-7-5-4-6-16(19)3)22(26)24-12-9-17(10-13-24)18-8-11-23-20(25)14-18/h4-8,11,14-15,17,21H,9-10,12-13H2,1-3H3,(H,23,25). The highest BCUT2D eigenvalue weighted by molar-refractivity contribution is 5.81. The normalized spacial score (nSPS) is 16.4. The van der Waals surface area contributed by atoms with E-state index in [1.165, 1.54) is 0 Å². The van der Waals surface area contributed by atoms with Crippen molar-refractivity contribution in [1.82, 2.24) is 9.88 Å².